The molecule has 0 radical (unpaired) electrons. The number of aromatic nitrogens is 2. The molecule has 7 nitrogen and oxygen atoms in total. The third-order valence-corrected chi connectivity index (χ3v) is 4.89. The van der Waals surface area contributed by atoms with Crippen molar-refractivity contribution in [3.05, 3.63) is 36.2 Å². The second kappa shape index (κ2) is 7.90. The Balaban J connectivity index is 1.54. The van der Waals surface area contributed by atoms with Crippen LogP contribution in [-0.4, -0.2) is 41.2 Å². The van der Waals surface area contributed by atoms with Crippen molar-refractivity contribution in [3.8, 4) is 23.1 Å². The molecule has 2 N–H and O–H groups in total. The van der Waals surface area contributed by atoms with Gasteiger partial charge in [0.2, 0.25) is 5.91 Å². The fourth-order valence-corrected chi connectivity index (χ4v) is 3.13. The third-order valence-electron chi connectivity index (χ3n) is 4.89. The summed E-state index contributed by atoms with van der Waals surface area (Å²) in [6.45, 7) is 0.933. The minimum atomic E-state index is -1.11. The van der Waals surface area contributed by atoms with Gasteiger partial charge in [-0.1, -0.05) is 0 Å². The Morgan fingerprint density at radius 3 is 2.89 bits per heavy atom. The van der Waals surface area contributed by atoms with E-state index in [1.165, 1.54) is 6.33 Å². The molecule has 0 bridgehead atoms. The van der Waals surface area contributed by atoms with Crippen molar-refractivity contribution in [1.29, 1.82) is 5.26 Å². The monoisotopic (exact) mass is 381 g/mol. The normalized spacial score (nSPS) is 21.6. The average molecular weight is 381 g/mol. The number of nitrogens with zero attached hydrogens (tertiary/aromatic N) is 3. The first-order valence-corrected chi connectivity index (χ1v) is 9.33. The van der Waals surface area contributed by atoms with Crippen LogP contribution in [-0.2, 0) is 4.79 Å². The number of amides is 1. The van der Waals surface area contributed by atoms with Crippen LogP contribution in [0.5, 0.6) is 5.75 Å². The number of carbonyl (C=O) groups is 1. The lowest BCUT2D eigenvalue weighted by atomic mass is 10.1. The summed E-state index contributed by atoms with van der Waals surface area (Å²) in [6, 6.07) is 8.85. The van der Waals surface area contributed by atoms with E-state index in [0.29, 0.717) is 41.4 Å². The highest BCUT2D eigenvalue weighted by Gasteiger charge is 2.30. The number of ether oxygens (including phenoxy) is 1. The lowest BCUT2D eigenvalue weighted by Crippen LogP contribution is -2.44. The molecule has 2 heterocycles. The van der Waals surface area contributed by atoms with Crippen LogP contribution in [0.3, 0.4) is 0 Å². The quantitative estimate of drug-likeness (QED) is 0.825. The number of rotatable bonds is 5. The number of anilines is 1. The number of alkyl halides is 1. The molecule has 2 atom stereocenters. The summed E-state index contributed by atoms with van der Waals surface area (Å²) >= 11 is 0. The van der Waals surface area contributed by atoms with Crippen molar-refractivity contribution in [2.75, 3.05) is 18.4 Å². The number of hydrogen-bond donors (Lipinski definition) is 2. The van der Waals surface area contributed by atoms with E-state index in [-0.39, 0.29) is 18.4 Å². The molecule has 8 heteroatoms. The van der Waals surface area contributed by atoms with Gasteiger partial charge in [-0.25, -0.2) is 14.4 Å². The van der Waals surface area contributed by atoms with Crippen LogP contribution in [0, 0.1) is 17.2 Å². The van der Waals surface area contributed by atoms with Gasteiger partial charge in [-0.15, -0.1) is 0 Å². The predicted molar refractivity (Wildman–Crippen MR) is 100 cm³/mol. The number of nitriles is 1. The maximum Gasteiger partial charge on any atom is 0.228 e. The fourth-order valence-electron chi connectivity index (χ4n) is 3.13. The Bertz CT molecular complexity index is 925. The molecule has 2 aromatic rings. The SMILES string of the molecule is N#Cc1cc(-c2cc(NC(=O)C3CC3)ncn2)ccc1O[C@H]1CCNC[C@H]1F. The Hall–Kier alpha value is -3.05. The fraction of sp³-hybridized carbons (Fsp3) is 0.400. The molecule has 1 aliphatic carbocycles. The standard InChI is InChI=1S/C20H20FN5O2/c21-15-10-23-6-5-18(15)28-17-4-3-13(7-14(17)9-22)16-8-19(25-11-24-16)26-20(27)12-1-2-12/h3-4,7-8,11-12,15,18,23H,1-2,5-6,10H2,(H,24,25,26,27)/t15-,18+/m1/s1. The predicted octanol–water partition coefficient (Wildman–Crippen LogP) is 2.44. The number of piperidine rings is 1. The molecule has 28 heavy (non-hydrogen) atoms. The summed E-state index contributed by atoms with van der Waals surface area (Å²) in [5, 5.41) is 15.3. The summed E-state index contributed by atoms with van der Waals surface area (Å²) in [6.07, 6.45) is 2.06. The van der Waals surface area contributed by atoms with E-state index >= 15 is 0 Å². The molecule has 1 aromatic heterocycles. The van der Waals surface area contributed by atoms with Gasteiger partial charge in [-0.2, -0.15) is 5.26 Å². The lowest BCUT2D eigenvalue weighted by molar-refractivity contribution is -0.117. The van der Waals surface area contributed by atoms with Gasteiger partial charge < -0.3 is 15.4 Å². The number of hydrogen-bond acceptors (Lipinski definition) is 6. The average Bonchev–Trinajstić information content (AvgIpc) is 3.56. The zero-order valence-corrected chi connectivity index (χ0v) is 15.2. The van der Waals surface area contributed by atoms with Gasteiger partial charge in [0, 0.05) is 24.1 Å². The number of benzene rings is 1. The summed E-state index contributed by atoms with van der Waals surface area (Å²) in [5.74, 6) is 0.830. The largest absolute Gasteiger partial charge is 0.486 e. The van der Waals surface area contributed by atoms with Crippen LogP contribution >= 0.6 is 0 Å². The van der Waals surface area contributed by atoms with E-state index in [1.807, 2.05) is 0 Å². The molecule has 144 valence electrons. The second-order valence-electron chi connectivity index (χ2n) is 7.04. The van der Waals surface area contributed by atoms with Gasteiger partial charge in [0.05, 0.1) is 11.3 Å². The molecular formula is C20H20FN5O2. The summed E-state index contributed by atoms with van der Waals surface area (Å²) in [5.41, 5.74) is 1.58. The van der Waals surface area contributed by atoms with E-state index in [0.717, 1.165) is 12.8 Å². The van der Waals surface area contributed by atoms with Gasteiger partial charge in [0.15, 0.2) is 0 Å². The van der Waals surface area contributed by atoms with Crippen molar-refractivity contribution in [3.63, 3.8) is 0 Å². The Morgan fingerprint density at radius 1 is 1.29 bits per heavy atom. The van der Waals surface area contributed by atoms with Crippen LogP contribution in [0.2, 0.25) is 0 Å². The maximum absolute atomic E-state index is 14.0. The van der Waals surface area contributed by atoms with E-state index in [1.54, 1.807) is 24.3 Å². The topological polar surface area (TPSA) is 99.9 Å². The Labute approximate surface area is 161 Å². The summed E-state index contributed by atoms with van der Waals surface area (Å²) in [4.78, 5) is 20.2. The molecule has 0 unspecified atom stereocenters. The van der Waals surface area contributed by atoms with Gasteiger partial charge >= 0.3 is 0 Å². The lowest BCUT2D eigenvalue weighted by Gasteiger charge is -2.27. The van der Waals surface area contributed by atoms with Crippen LogP contribution in [0.15, 0.2) is 30.6 Å². The molecule has 1 amide bonds. The molecule has 1 saturated heterocycles. The molecule has 4 rings (SSSR count). The highest BCUT2D eigenvalue weighted by molar-refractivity contribution is 5.93. The minimum Gasteiger partial charge on any atom is -0.486 e. The maximum atomic E-state index is 14.0. The molecule has 0 spiro atoms. The van der Waals surface area contributed by atoms with E-state index in [2.05, 4.69) is 26.7 Å². The van der Waals surface area contributed by atoms with Crippen molar-refractivity contribution in [2.24, 2.45) is 5.92 Å². The van der Waals surface area contributed by atoms with Crippen molar-refractivity contribution < 1.29 is 13.9 Å². The number of halogens is 1. The third kappa shape index (κ3) is 4.10. The van der Waals surface area contributed by atoms with Crippen LogP contribution < -0.4 is 15.4 Å². The smallest absolute Gasteiger partial charge is 0.228 e. The molecule has 1 aromatic carbocycles. The Morgan fingerprint density at radius 2 is 2.14 bits per heavy atom. The molecule has 1 saturated carbocycles. The van der Waals surface area contributed by atoms with Gasteiger partial charge in [0.25, 0.3) is 0 Å². The molecular weight excluding hydrogens is 361 g/mol. The number of carbonyl (C=O) groups excluding carboxylic acids is 1. The number of nitrogens with one attached hydrogen (secondary N) is 2. The van der Waals surface area contributed by atoms with Crippen LogP contribution in [0.25, 0.3) is 11.3 Å². The minimum absolute atomic E-state index is 0.0335. The van der Waals surface area contributed by atoms with E-state index < -0.39 is 12.3 Å². The highest BCUT2D eigenvalue weighted by atomic mass is 19.1. The van der Waals surface area contributed by atoms with Gasteiger partial charge in [-0.05, 0) is 44.0 Å². The van der Waals surface area contributed by atoms with Crippen molar-refractivity contribution in [1.82, 2.24) is 15.3 Å². The first-order valence-electron chi connectivity index (χ1n) is 9.33. The second-order valence-corrected chi connectivity index (χ2v) is 7.04. The Kier molecular flexibility index (Phi) is 5.17. The zero-order chi connectivity index (χ0) is 19.5. The van der Waals surface area contributed by atoms with Crippen molar-refractivity contribution >= 4 is 11.7 Å². The molecule has 2 aliphatic rings. The van der Waals surface area contributed by atoms with Gasteiger partial charge in [0.1, 0.15) is 36.2 Å². The van der Waals surface area contributed by atoms with E-state index in [9.17, 15) is 14.4 Å². The van der Waals surface area contributed by atoms with Crippen LogP contribution in [0.1, 0.15) is 24.8 Å². The van der Waals surface area contributed by atoms with Gasteiger partial charge in [-0.3, -0.25) is 4.79 Å². The molecule has 1 aliphatic heterocycles. The summed E-state index contributed by atoms with van der Waals surface area (Å²) in [7, 11) is 0. The molecule has 2 fully saturated rings. The first-order chi connectivity index (χ1) is 13.6. The summed E-state index contributed by atoms with van der Waals surface area (Å²) < 4.78 is 19.8. The van der Waals surface area contributed by atoms with Crippen LogP contribution in [0.4, 0.5) is 10.2 Å². The zero-order valence-electron chi connectivity index (χ0n) is 15.2. The first kappa shape index (κ1) is 18.3. The van der Waals surface area contributed by atoms with E-state index in [4.69, 9.17) is 4.74 Å². The highest BCUT2D eigenvalue weighted by Crippen LogP contribution is 2.31. The van der Waals surface area contributed by atoms with Crippen molar-refractivity contribution in [2.45, 2.75) is 31.5 Å².